The molecule has 2 heterocycles. The summed E-state index contributed by atoms with van der Waals surface area (Å²) in [6, 6.07) is 30.6. The Morgan fingerprint density at radius 2 is 1.07 bits per heavy atom. The van der Waals surface area contributed by atoms with Crippen LogP contribution < -0.4 is 11.1 Å². The normalized spacial score (nSPS) is 10.7. The average molecular weight is 571 g/mol. The highest BCUT2D eigenvalue weighted by Gasteiger charge is 2.19. The number of Topliss-reactive ketones (excluding diaryl/α,β-unsaturated/α-hetero) is 1. The number of pyridine rings is 2. The number of rotatable bonds is 5. The Bertz CT molecular complexity index is 2150. The highest BCUT2D eigenvalue weighted by Crippen LogP contribution is 2.31. The molecule has 6 rings (SSSR count). The smallest absolute Gasteiger partial charge is 0.260 e. The molecule has 43 heavy (non-hydrogen) atoms. The summed E-state index contributed by atoms with van der Waals surface area (Å²) in [5.74, 6) is -0.595. The van der Waals surface area contributed by atoms with Crippen LogP contribution in [0.15, 0.2) is 119 Å². The van der Waals surface area contributed by atoms with E-state index in [-0.39, 0.29) is 36.7 Å². The Morgan fingerprint density at radius 3 is 1.49 bits per heavy atom. The number of aromatic amines is 2. The quantitative estimate of drug-likeness (QED) is 0.162. The second-order valence-electron chi connectivity index (χ2n) is 10.4. The van der Waals surface area contributed by atoms with Gasteiger partial charge in [0.05, 0.1) is 11.1 Å². The van der Waals surface area contributed by atoms with Gasteiger partial charge in [-0.25, -0.2) is 0 Å². The lowest BCUT2D eigenvalue weighted by atomic mass is 9.93. The standard InChI is InChI=1S/C19H15NO2.C18H15NO2.2H2/c1-3-16(21)18-17(13-7-5-4-6-8-13)14-11-12(2)9-10-15(14)20-19(18)22;1-11-8-9-15-14(10-11)17(13-6-4-3-5-7-13)16(12(2)20)18(21)19-15;;/h3-11H,1H2,2H3,(H,20,22);3-10H,1-2H3,(H,19,21);2*1H. The molecule has 6 nitrogen and oxygen atoms in total. The molecule has 0 fully saturated rings. The third-order valence-corrected chi connectivity index (χ3v) is 7.25. The zero-order valence-corrected chi connectivity index (χ0v) is 24.2. The van der Waals surface area contributed by atoms with Crippen molar-refractivity contribution in [2.24, 2.45) is 0 Å². The first kappa shape index (κ1) is 28.9. The van der Waals surface area contributed by atoms with Crippen LogP contribution in [0.1, 0.15) is 41.6 Å². The Morgan fingerprint density at radius 1 is 0.651 bits per heavy atom. The molecule has 0 bridgehead atoms. The molecule has 0 unspecified atom stereocenters. The van der Waals surface area contributed by atoms with Gasteiger partial charge in [-0.3, -0.25) is 19.2 Å². The summed E-state index contributed by atoms with van der Waals surface area (Å²) in [7, 11) is 0. The van der Waals surface area contributed by atoms with E-state index in [1.54, 1.807) is 0 Å². The number of H-pyrrole nitrogens is 2. The first-order valence-electron chi connectivity index (χ1n) is 13.8. The maximum absolute atomic E-state index is 12.4. The van der Waals surface area contributed by atoms with Gasteiger partial charge in [-0.2, -0.15) is 0 Å². The van der Waals surface area contributed by atoms with E-state index in [1.165, 1.54) is 13.0 Å². The van der Waals surface area contributed by atoms with Gasteiger partial charge in [0.25, 0.3) is 11.1 Å². The van der Waals surface area contributed by atoms with E-state index < -0.39 is 0 Å². The first-order valence-corrected chi connectivity index (χ1v) is 13.8. The Hall–Kier alpha value is -5.62. The molecule has 0 saturated carbocycles. The molecular formula is C37H34N2O4. The van der Waals surface area contributed by atoms with Crippen molar-refractivity contribution in [2.75, 3.05) is 0 Å². The fraction of sp³-hybridized carbons (Fsp3) is 0.0811. The SMILES string of the molecule is C=CC(=O)c1c(-c2ccccc2)c2cc(C)ccc2[nH]c1=O.CC(=O)c1c(-c2ccccc2)c2cc(C)ccc2[nH]c1=O.[HH].[HH]. The van der Waals surface area contributed by atoms with Crippen LogP contribution in [0.25, 0.3) is 44.1 Å². The Balaban J connectivity index is 0.000000235. The van der Waals surface area contributed by atoms with E-state index in [2.05, 4.69) is 16.5 Å². The van der Waals surface area contributed by atoms with Crippen molar-refractivity contribution >= 4 is 33.4 Å². The predicted molar refractivity (Wildman–Crippen MR) is 178 cm³/mol. The molecule has 2 N–H and O–H groups in total. The Kier molecular flexibility index (Phi) is 8.12. The predicted octanol–water partition coefficient (Wildman–Crippen LogP) is 8.07. The lowest BCUT2D eigenvalue weighted by Crippen LogP contribution is -2.18. The number of hydrogen-bond donors (Lipinski definition) is 2. The number of aromatic nitrogens is 2. The monoisotopic (exact) mass is 570 g/mol. The summed E-state index contributed by atoms with van der Waals surface area (Å²) in [6.07, 6.45) is 1.18. The topological polar surface area (TPSA) is 99.9 Å². The van der Waals surface area contributed by atoms with Gasteiger partial charge >= 0.3 is 0 Å². The molecule has 2 aromatic heterocycles. The van der Waals surface area contributed by atoms with Gasteiger partial charge in [-0.15, -0.1) is 0 Å². The van der Waals surface area contributed by atoms with Crippen molar-refractivity contribution in [3.05, 3.63) is 153 Å². The van der Waals surface area contributed by atoms with Crippen molar-refractivity contribution in [1.29, 1.82) is 0 Å². The van der Waals surface area contributed by atoms with Gasteiger partial charge < -0.3 is 9.97 Å². The molecule has 0 saturated heterocycles. The van der Waals surface area contributed by atoms with Crippen molar-refractivity contribution in [3.8, 4) is 22.3 Å². The summed E-state index contributed by atoms with van der Waals surface area (Å²) in [5.41, 5.74) is 6.34. The first-order chi connectivity index (χ1) is 20.7. The lowest BCUT2D eigenvalue weighted by Gasteiger charge is -2.12. The van der Waals surface area contributed by atoms with Crippen LogP contribution in [0.4, 0.5) is 0 Å². The highest BCUT2D eigenvalue weighted by molar-refractivity contribution is 6.13. The molecule has 6 heteroatoms. The van der Waals surface area contributed by atoms with Crippen LogP contribution in [0.2, 0.25) is 0 Å². The number of nitrogens with one attached hydrogen (secondary N) is 2. The molecule has 4 aromatic carbocycles. The summed E-state index contributed by atoms with van der Waals surface area (Å²) in [4.78, 5) is 54.4. The van der Waals surface area contributed by atoms with Crippen LogP contribution in [0.3, 0.4) is 0 Å². The Labute approximate surface area is 251 Å². The number of allylic oxidation sites excluding steroid dienone is 1. The van der Waals surface area contributed by atoms with Crippen molar-refractivity contribution in [3.63, 3.8) is 0 Å². The lowest BCUT2D eigenvalue weighted by molar-refractivity contribution is 0.101. The molecule has 0 spiro atoms. The molecule has 6 aromatic rings. The van der Waals surface area contributed by atoms with Crippen LogP contribution in [0.5, 0.6) is 0 Å². The largest absolute Gasteiger partial charge is 0.321 e. The maximum Gasteiger partial charge on any atom is 0.260 e. The van der Waals surface area contributed by atoms with E-state index >= 15 is 0 Å². The fourth-order valence-electron chi connectivity index (χ4n) is 5.30. The molecule has 0 radical (unpaired) electrons. The zero-order chi connectivity index (χ0) is 30.7. The van der Waals surface area contributed by atoms with Crippen LogP contribution in [-0.4, -0.2) is 21.5 Å². The number of benzene rings is 4. The van der Waals surface area contributed by atoms with E-state index in [1.807, 2.05) is 111 Å². The molecule has 0 aliphatic heterocycles. The minimum atomic E-state index is -0.389. The number of carbonyl (C=O) groups is 2. The molecule has 216 valence electrons. The van der Waals surface area contributed by atoms with Crippen LogP contribution >= 0.6 is 0 Å². The van der Waals surface area contributed by atoms with Gasteiger partial charge in [0.2, 0.25) is 0 Å². The van der Waals surface area contributed by atoms with Crippen molar-refractivity contribution in [2.45, 2.75) is 20.8 Å². The second kappa shape index (κ2) is 12.1. The summed E-state index contributed by atoms with van der Waals surface area (Å²) in [5, 5.41) is 1.75. The van der Waals surface area contributed by atoms with Gasteiger partial charge in [-0.05, 0) is 62.2 Å². The number of fused-ring (bicyclic) bond motifs is 2. The van der Waals surface area contributed by atoms with E-state index in [9.17, 15) is 19.2 Å². The third kappa shape index (κ3) is 5.76. The minimum Gasteiger partial charge on any atom is -0.321 e. The van der Waals surface area contributed by atoms with Gasteiger partial charge in [0, 0.05) is 35.8 Å². The molecule has 0 aliphatic carbocycles. The fourth-order valence-corrected chi connectivity index (χ4v) is 5.30. The van der Waals surface area contributed by atoms with Crippen molar-refractivity contribution < 1.29 is 12.4 Å². The molecule has 0 amide bonds. The molecule has 0 atom stereocenters. The number of ketones is 2. The van der Waals surface area contributed by atoms with Gasteiger partial charge in [0.1, 0.15) is 0 Å². The van der Waals surface area contributed by atoms with Gasteiger partial charge in [-0.1, -0.05) is 90.5 Å². The van der Waals surface area contributed by atoms with E-state index in [4.69, 9.17) is 0 Å². The second-order valence-corrected chi connectivity index (χ2v) is 10.4. The third-order valence-electron chi connectivity index (χ3n) is 7.25. The number of hydrogen-bond acceptors (Lipinski definition) is 4. The zero-order valence-electron chi connectivity index (χ0n) is 24.2. The number of aryl methyl sites for hydroxylation is 2. The average Bonchev–Trinajstić information content (AvgIpc) is 3.01. The maximum atomic E-state index is 12.4. The summed E-state index contributed by atoms with van der Waals surface area (Å²) < 4.78 is 0. The number of carbonyl (C=O) groups excluding carboxylic acids is 2. The van der Waals surface area contributed by atoms with E-state index in [0.717, 1.165) is 44.1 Å². The van der Waals surface area contributed by atoms with Crippen LogP contribution in [0, 0.1) is 13.8 Å². The summed E-state index contributed by atoms with van der Waals surface area (Å²) >= 11 is 0. The van der Waals surface area contributed by atoms with Gasteiger partial charge in [0.15, 0.2) is 11.6 Å². The minimum absolute atomic E-state index is 0. The molecular weight excluding hydrogens is 536 g/mol. The molecule has 0 aliphatic rings. The van der Waals surface area contributed by atoms with Crippen LogP contribution in [-0.2, 0) is 0 Å². The van der Waals surface area contributed by atoms with Crippen molar-refractivity contribution in [1.82, 2.24) is 9.97 Å². The van der Waals surface area contributed by atoms with E-state index in [0.29, 0.717) is 11.1 Å². The summed E-state index contributed by atoms with van der Waals surface area (Å²) in [6.45, 7) is 8.91. The highest BCUT2D eigenvalue weighted by atomic mass is 16.2.